The molecule has 2 aliphatic heterocycles. The Morgan fingerprint density at radius 3 is 0.786 bits per heavy atom. The molecule has 0 aliphatic carbocycles. The summed E-state index contributed by atoms with van der Waals surface area (Å²) < 4.78 is 0. The number of aliphatic hydroxyl groups excluding tert-OH is 1. The Kier molecular flexibility index (Phi) is 11.2. The molecule has 0 saturated heterocycles. The number of aryl methyl sites for hydroxylation is 4. The zero-order valence-electron chi connectivity index (χ0n) is 31.8. The Labute approximate surface area is 341 Å². The van der Waals surface area contributed by atoms with Gasteiger partial charge < -0.3 is 22.0 Å². The average Bonchev–Trinajstić information content (AvgIpc) is 4.03. The molecular formula is C50H41N4ORh. The van der Waals surface area contributed by atoms with Crippen LogP contribution in [0.15, 0.2) is 121 Å². The summed E-state index contributed by atoms with van der Waals surface area (Å²) in [6, 6.07) is 43.0. The van der Waals surface area contributed by atoms with Crippen LogP contribution in [0.5, 0.6) is 0 Å². The average molecular weight is 817 g/mol. The Morgan fingerprint density at radius 2 is 0.589 bits per heavy atom. The molecule has 4 aromatic carbocycles. The van der Waals surface area contributed by atoms with Crippen molar-refractivity contribution in [1.82, 2.24) is 19.9 Å². The largest absolute Gasteiger partial charge is 3.00 e. The maximum absolute atomic E-state index is 7.46. The van der Waals surface area contributed by atoms with Gasteiger partial charge in [-0.15, -0.1) is 22.1 Å². The van der Waals surface area contributed by atoms with E-state index in [9.17, 15) is 0 Å². The summed E-state index contributed by atoms with van der Waals surface area (Å²) in [6.45, 7) is 11.5. The molecule has 8 bridgehead atoms. The van der Waals surface area contributed by atoms with E-state index in [1.54, 1.807) is 0 Å². The van der Waals surface area contributed by atoms with Crippen molar-refractivity contribution in [2.24, 2.45) is 0 Å². The smallest absolute Gasteiger partial charge is 0.657 e. The number of benzene rings is 4. The zero-order chi connectivity index (χ0) is 38.1. The molecule has 0 unspecified atom stereocenters. The molecule has 9 rings (SSSR count). The van der Waals surface area contributed by atoms with Gasteiger partial charge in [-0.3, -0.25) is 0 Å². The first-order valence-electron chi connectivity index (χ1n) is 18.5. The van der Waals surface area contributed by atoms with Crippen LogP contribution < -0.4 is 9.97 Å². The Balaban J connectivity index is 0.00000117. The van der Waals surface area contributed by atoms with Gasteiger partial charge in [0.05, 0.1) is 22.8 Å². The van der Waals surface area contributed by atoms with Gasteiger partial charge >= 0.3 is 19.5 Å². The van der Waals surface area contributed by atoms with Crippen molar-refractivity contribution in [1.29, 1.82) is 0 Å². The van der Waals surface area contributed by atoms with Crippen LogP contribution in [-0.2, 0) is 19.5 Å². The molecule has 0 spiro atoms. The van der Waals surface area contributed by atoms with Crippen molar-refractivity contribution >= 4 is 46.4 Å². The maximum atomic E-state index is 7.46. The zero-order valence-corrected chi connectivity index (χ0v) is 33.5. The van der Waals surface area contributed by atoms with Gasteiger partial charge in [0.15, 0.2) is 0 Å². The number of fused-ring (bicyclic) bond motifs is 8. The van der Waals surface area contributed by atoms with E-state index in [2.05, 4.69) is 180 Å². The van der Waals surface area contributed by atoms with E-state index in [1.807, 2.05) is 0 Å². The quantitative estimate of drug-likeness (QED) is 0.141. The first-order valence-corrected chi connectivity index (χ1v) is 18.5. The number of hydrogen-bond acceptors (Lipinski definition) is 3. The number of aromatic nitrogens is 4. The molecular weight excluding hydrogens is 775 g/mol. The number of aliphatic hydroxyl groups is 1. The molecule has 7 aromatic rings. The second-order valence-electron chi connectivity index (χ2n) is 14.1. The van der Waals surface area contributed by atoms with Crippen LogP contribution in [0.4, 0.5) is 0 Å². The monoisotopic (exact) mass is 816 g/mol. The van der Waals surface area contributed by atoms with Crippen molar-refractivity contribution in [3.05, 3.63) is 173 Å². The van der Waals surface area contributed by atoms with Gasteiger partial charge in [0, 0.05) is 0 Å². The van der Waals surface area contributed by atoms with Gasteiger partial charge in [0.2, 0.25) is 0 Å². The van der Waals surface area contributed by atoms with Gasteiger partial charge in [0.25, 0.3) is 0 Å². The van der Waals surface area contributed by atoms with Crippen molar-refractivity contribution in [3.8, 4) is 44.5 Å². The SMILES string of the molecule is Cc1ccc(-c2c3nc(c(-c4ccc(C)cc4)c4ccc([n-]4)c(-c4ccc(C)cc4)c4nc(c(-c5ccc(C)cc5)c5ccc2[n-]5)C=C4)C=C3)cc1.[CH2-]CO.[Rh+3]. The summed E-state index contributed by atoms with van der Waals surface area (Å²) in [6.07, 6.45) is 8.48. The van der Waals surface area contributed by atoms with Crippen LogP contribution in [0.3, 0.4) is 0 Å². The van der Waals surface area contributed by atoms with Crippen LogP contribution in [0.1, 0.15) is 45.0 Å². The van der Waals surface area contributed by atoms with Gasteiger partial charge in [-0.1, -0.05) is 150 Å². The molecule has 1 N–H and O–H groups in total. The fraction of sp³-hybridized carbons (Fsp3) is 0.100. The molecule has 0 saturated carbocycles. The third-order valence-corrected chi connectivity index (χ3v) is 9.97. The van der Waals surface area contributed by atoms with E-state index in [0.717, 1.165) is 89.4 Å². The number of nitrogens with zero attached hydrogens (tertiary/aromatic N) is 4. The molecule has 0 radical (unpaired) electrons. The van der Waals surface area contributed by atoms with E-state index in [0.29, 0.717) is 0 Å². The predicted octanol–water partition coefficient (Wildman–Crippen LogP) is 11.6. The standard InChI is InChI=1S/C48H36N4.C2H5O.Rh/c1-29-5-13-33(14-6-29)45-37-21-23-39(49-37)46(34-15-7-30(2)8-16-34)41-25-27-43(51-41)48(36-19-11-32(4)12-20-36)44-28-26-42(52-44)47(40-24-22-38(45)50-40)35-17-9-31(3)10-18-35;1-2-3;/h5-28H,1-4H3;3H,1-2H2;/q-2;-1;+3. The Bertz CT molecular complexity index is 2380. The van der Waals surface area contributed by atoms with Crippen LogP contribution in [0.2, 0.25) is 0 Å². The summed E-state index contributed by atoms with van der Waals surface area (Å²) in [7, 11) is 0. The van der Waals surface area contributed by atoms with E-state index < -0.39 is 0 Å². The first-order chi connectivity index (χ1) is 26.8. The van der Waals surface area contributed by atoms with Gasteiger partial charge in [0.1, 0.15) is 0 Å². The molecule has 5 nitrogen and oxygen atoms in total. The summed E-state index contributed by atoms with van der Waals surface area (Å²) in [5, 5.41) is 7.46. The van der Waals surface area contributed by atoms with Crippen LogP contribution >= 0.6 is 0 Å². The minimum absolute atomic E-state index is 0. The summed E-state index contributed by atoms with van der Waals surface area (Å²) in [5.74, 6) is 0. The normalized spacial score (nSPS) is 11.5. The molecule has 0 fully saturated rings. The molecule has 2 aliphatic rings. The van der Waals surface area contributed by atoms with Crippen LogP contribution in [0.25, 0.3) is 90.9 Å². The topological polar surface area (TPSA) is 74.2 Å². The minimum atomic E-state index is 0. The first kappa shape index (κ1) is 38.3. The Hall–Kier alpha value is -5.94. The maximum Gasteiger partial charge on any atom is 3.00 e. The molecule has 5 heterocycles. The van der Waals surface area contributed by atoms with E-state index >= 15 is 0 Å². The molecule has 3 aromatic heterocycles. The van der Waals surface area contributed by atoms with Crippen molar-refractivity contribution in [2.75, 3.05) is 6.61 Å². The third-order valence-electron chi connectivity index (χ3n) is 9.97. The number of hydrogen-bond donors (Lipinski definition) is 1. The predicted molar refractivity (Wildman–Crippen MR) is 230 cm³/mol. The molecule has 0 atom stereocenters. The third kappa shape index (κ3) is 7.64. The number of rotatable bonds is 4. The van der Waals surface area contributed by atoms with Crippen molar-refractivity contribution in [3.63, 3.8) is 0 Å². The van der Waals surface area contributed by atoms with E-state index in [4.69, 9.17) is 25.0 Å². The van der Waals surface area contributed by atoms with Gasteiger partial charge in [-0.05, 0) is 96.5 Å². The summed E-state index contributed by atoms with van der Waals surface area (Å²) in [5.41, 5.74) is 19.9. The molecule has 0 amide bonds. The fourth-order valence-corrected chi connectivity index (χ4v) is 7.15. The van der Waals surface area contributed by atoms with Gasteiger partial charge in [-0.25, -0.2) is 9.97 Å². The van der Waals surface area contributed by atoms with Gasteiger partial charge in [-0.2, -0.15) is 0 Å². The molecule has 56 heavy (non-hydrogen) atoms. The van der Waals surface area contributed by atoms with Crippen LogP contribution in [-0.4, -0.2) is 21.7 Å². The van der Waals surface area contributed by atoms with Crippen molar-refractivity contribution < 1.29 is 24.6 Å². The minimum Gasteiger partial charge on any atom is -0.657 e. The van der Waals surface area contributed by atoms with Crippen molar-refractivity contribution in [2.45, 2.75) is 27.7 Å². The molecule has 6 heteroatoms. The van der Waals surface area contributed by atoms with E-state index in [-0.39, 0.29) is 26.1 Å². The van der Waals surface area contributed by atoms with E-state index in [1.165, 1.54) is 22.3 Å². The summed E-state index contributed by atoms with van der Waals surface area (Å²) in [4.78, 5) is 21.5. The Morgan fingerprint density at radius 1 is 0.393 bits per heavy atom. The second-order valence-corrected chi connectivity index (χ2v) is 14.1. The summed E-state index contributed by atoms with van der Waals surface area (Å²) >= 11 is 0. The fourth-order valence-electron chi connectivity index (χ4n) is 7.15. The molecule has 276 valence electrons. The second kappa shape index (κ2) is 16.4. The van der Waals surface area contributed by atoms with Crippen LogP contribution in [0, 0.1) is 34.6 Å².